The van der Waals surface area contributed by atoms with Crippen molar-refractivity contribution < 1.29 is 9.18 Å². The molecule has 4 nitrogen and oxygen atoms in total. The summed E-state index contributed by atoms with van der Waals surface area (Å²) in [5.41, 5.74) is 1.03. The second-order valence-electron chi connectivity index (χ2n) is 5.40. The highest BCUT2D eigenvalue weighted by atomic mass is 127. The number of benzene rings is 2. The van der Waals surface area contributed by atoms with Gasteiger partial charge in [0.1, 0.15) is 5.82 Å². The average Bonchev–Trinajstić information content (AvgIpc) is 3.03. The van der Waals surface area contributed by atoms with E-state index in [9.17, 15) is 9.18 Å². The third-order valence-electron chi connectivity index (χ3n) is 3.64. The van der Waals surface area contributed by atoms with Gasteiger partial charge in [-0.1, -0.05) is 42.1 Å². The van der Waals surface area contributed by atoms with Gasteiger partial charge in [-0.05, 0) is 46.9 Å². The number of ketones is 1. The molecule has 0 atom stereocenters. The highest BCUT2D eigenvalue weighted by molar-refractivity contribution is 14.1. The number of Topliss-reactive ketones (excluding diaryl/α,β-unsaturated/α-hetero) is 1. The van der Waals surface area contributed by atoms with Gasteiger partial charge in [-0.25, -0.2) is 4.39 Å². The Labute approximate surface area is 168 Å². The molecule has 1 heterocycles. The third-order valence-corrected chi connectivity index (χ3v) is 5.33. The van der Waals surface area contributed by atoms with E-state index in [0.717, 1.165) is 3.57 Å². The molecule has 0 N–H and O–H groups in total. The van der Waals surface area contributed by atoms with Crippen molar-refractivity contribution in [2.45, 2.75) is 11.7 Å². The van der Waals surface area contributed by atoms with Crippen LogP contribution in [0.25, 0.3) is 11.4 Å². The number of aromatic nitrogens is 3. The fourth-order valence-corrected chi connectivity index (χ4v) is 3.58. The lowest BCUT2D eigenvalue weighted by atomic mass is 10.2. The highest BCUT2D eigenvalue weighted by Crippen LogP contribution is 2.26. The van der Waals surface area contributed by atoms with Crippen molar-refractivity contribution in [2.75, 3.05) is 5.75 Å². The molecule has 0 bridgehead atoms. The number of carbonyl (C=O) groups is 1. The number of hydrogen-bond donors (Lipinski definition) is 0. The Morgan fingerprint density at radius 1 is 1.19 bits per heavy atom. The van der Waals surface area contributed by atoms with Gasteiger partial charge < -0.3 is 0 Å². The minimum absolute atomic E-state index is 0.00648. The summed E-state index contributed by atoms with van der Waals surface area (Å²) in [5, 5.41) is 8.82. The first kappa shape index (κ1) is 18.8. The van der Waals surface area contributed by atoms with Crippen molar-refractivity contribution in [3.8, 4) is 11.4 Å². The largest absolute Gasteiger partial charge is 0.298 e. The summed E-state index contributed by atoms with van der Waals surface area (Å²) in [7, 11) is 0. The molecule has 0 saturated heterocycles. The van der Waals surface area contributed by atoms with Gasteiger partial charge in [0.2, 0.25) is 0 Å². The second-order valence-corrected chi connectivity index (χ2v) is 7.59. The third kappa shape index (κ3) is 4.21. The van der Waals surface area contributed by atoms with Gasteiger partial charge in [-0.2, -0.15) is 0 Å². The van der Waals surface area contributed by atoms with Crippen LogP contribution in [-0.2, 0) is 6.54 Å². The quantitative estimate of drug-likeness (QED) is 0.211. The minimum atomic E-state index is -0.364. The number of allylic oxidation sites excluding steroid dienone is 1. The zero-order chi connectivity index (χ0) is 18.5. The summed E-state index contributed by atoms with van der Waals surface area (Å²) in [6, 6.07) is 13.8. The molecule has 3 rings (SSSR count). The molecule has 2 aromatic carbocycles. The first-order chi connectivity index (χ1) is 12.6. The minimum Gasteiger partial charge on any atom is -0.298 e. The molecule has 1 aromatic heterocycles. The zero-order valence-electron chi connectivity index (χ0n) is 13.7. The van der Waals surface area contributed by atoms with Gasteiger partial charge in [0, 0.05) is 15.7 Å². The molecule has 26 heavy (non-hydrogen) atoms. The fourth-order valence-electron chi connectivity index (χ4n) is 2.38. The van der Waals surface area contributed by atoms with Crippen LogP contribution in [0.4, 0.5) is 4.39 Å². The van der Waals surface area contributed by atoms with Crippen LogP contribution >= 0.6 is 34.4 Å². The van der Waals surface area contributed by atoms with E-state index in [4.69, 9.17) is 0 Å². The van der Waals surface area contributed by atoms with Gasteiger partial charge >= 0.3 is 0 Å². The number of hydrogen-bond acceptors (Lipinski definition) is 4. The SMILES string of the molecule is C=CCn1c(SCC(=O)c2ccc(I)cc2)nnc1-c1ccccc1F. The maximum atomic E-state index is 14.1. The maximum Gasteiger partial charge on any atom is 0.192 e. The normalized spacial score (nSPS) is 10.7. The zero-order valence-corrected chi connectivity index (χ0v) is 16.7. The van der Waals surface area contributed by atoms with Crippen LogP contribution < -0.4 is 0 Å². The van der Waals surface area contributed by atoms with Crippen LogP contribution in [-0.4, -0.2) is 26.3 Å². The van der Waals surface area contributed by atoms with Crippen LogP contribution in [0.3, 0.4) is 0 Å². The predicted octanol–water partition coefficient (Wildman–Crippen LogP) is 4.85. The molecule has 0 aliphatic heterocycles. The lowest BCUT2D eigenvalue weighted by Gasteiger charge is -2.08. The summed E-state index contributed by atoms with van der Waals surface area (Å²) in [4.78, 5) is 12.4. The topological polar surface area (TPSA) is 47.8 Å². The van der Waals surface area contributed by atoms with Gasteiger partial charge in [-0.15, -0.1) is 16.8 Å². The lowest BCUT2D eigenvalue weighted by Crippen LogP contribution is -2.05. The van der Waals surface area contributed by atoms with E-state index in [-0.39, 0.29) is 17.4 Å². The number of carbonyl (C=O) groups excluding carboxylic acids is 1. The summed E-state index contributed by atoms with van der Waals surface area (Å²) >= 11 is 3.48. The van der Waals surface area contributed by atoms with E-state index in [1.807, 2.05) is 24.3 Å². The van der Waals surface area contributed by atoms with E-state index in [0.29, 0.717) is 28.7 Å². The van der Waals surface area contributed by atoms with Crippen LogP contribution in [0.2, 0.25) is 0 Å². The Kier molecular flexibility index (Phi) is 6.20. The highest BCUT2D eigenvalue weighted by Gasteiger charge is 2.17. The van der Waals surface area contributed by atoms with E-state index in [1.54, 1.807) is 28.8 Å². The molecule has 0 aliphatic rings. The van der Waals surface area contributed by atoms with Crippen molar-refractivity contribution in [2.24, 2.45) is 0 Å². The monoisotopic (exact) mass is 479 g/mol. The van der Waals surface area contributed by atoms with Crippen molar-refractivity contribution in [1.82, 2.24) is 14.8 Å². The Bertz CT molecular complexity index is 940. The van der Waals surface area contributed by atoms with E-state index >= 15 is 0 Å². The number of thioether (sulfide) groups is 1. The standard InChI is InChI=1S/C19H15FIN3OS/c1-2-11-24-18(15-5-3-4-6-16(15)20)22-23-19(24)26-12-17(25)13-7-9-14(21)10-8-13/h2-10H,1,11-12H2. The van der Waals surface area contributed by atoms with Crippen LogP contribution in [0.5, 0.6) is 0 Å². The van der Waals surface area contributed by atoms with Crippen LogP contribution in [0.15, 0.2) is 66.3 Å². The summed E-state index contributed by atoms with van der Waals surface area (Å²) < 4.78 is 16.9. The van der Waals surface area contributed by atoms with Gasteiger partial charge in [0.25, 0.3) is 0 Å². The van der Waals surface area contributed by atoms with Crippen molar-refractivity contribution in [3.05, 3.63) is 76.1 Å². The van der Waals surface area contributed by atoms with Gasteiger partial charge in [-0.3, -0.25) is 9.36 Å². The van der Waals surface area contributed by atoms with E-state index in [2.05, 4.69) is 39.4 Å². The van der Waals surface area contributed by atoms with Crippen molar-refractivity contribution in [3.63, 3.8) is 0 Å². The number of halogens is 2. The lowest BCUT2D eigenvalue weighted by molar-refractivity contribution is 0.102. The Hall–Kier alpha value is -2.00. The Morgan fingerprint density at radius 3 is 2.62 bits per heavy atom. The van der Waals surface area contributed by atoms with Gasteiger partial charge in [0.05, 0.1) is 11.3 Å². The molecule has 0 aliphatic carbocycles. The molecule has 0 unspecified atom stereocenters. The van der Waals surface area contributed by atoms with Crippen LogP contribution in [0.1, 0.15) is 10.4 Å². The number of rotatable bonds is 7. The summed E-state index contributed by atoms with van der Waals surface area (Å²) in [6.45, 7) is 4.17. The van der Waals surface area contributed by atoms with Gasteiger partial charge in [0.15, 0.2) is 16.8 Å². The molecule has 0 amide bonds. The van der Waals surface area contributed by atoms with Crippen LogP contribution in [0, 0.1) is 9.39 Å². The second kappa shape index (κ2) is 8.59. The van der Waals surface area contributed by atoms with E-state index in [1.165, 1.54) is 17.8 Å². The average molecular weight is 479 g/mol. The Balaban J connectivity index is 1.82. The number of nitrogens with zero attached hydrogens (tertiary/aromatic N) is 3. The molecule has 0 fully saturated rings. The van der Waals surface area contributed by atoms with Crippen molar-refractivity contribution >= 4 is 40.1 Å². The molecule has 3 aromatic rings. The molecule has 0 spiro atoms. The summed E-state index contributed by atoms with van der Waals surface area (Å²) in [6.07, 6.45) is 1.69. The molecule has 0 saturated carbocycles. The molecular weight excluding hydrogens is 464 g/mol. The molecule has 132 valence electrons. The predicted molar refractivity (Wildman–Crippen MR) is 110 cm³/mol. The van der Waals surface area contributed by atoms with Crippen molar-refractivity contribution in [1.29, 1.82) is 0 Å². The summed E-state index contributed by atoms with van der Waals surface area (Å²) in [5.74, 6) is 0.295. The molecule has 7 heteroatoms. The molecule has 0 radical (unpaired) electrons. The Morgan fingerprint density at radius 2 is 1.92 bits per heavy atom. The molecular formula is C19H15FIN3OS. The fraction of sp³-hybridized carbons (Fsp3) is 0.105. The van der Waals surface area contributed by atoms with E-state index < -0.39 is 0 Å². The maximum absolute atomic E-state index is 14.1. The first-order valence-corrected chi connectivity index (χ1v) is 9.87. The first-order valence-electron chi connectivity index (χ1n) is 7.80. The smallest absolute Gasteiger partial charge is 0.192 e.